The molecule has 0 aliphatic heterocycles. The quantitative estimate of drug-likeness (QED) is 0.390. The van der Waals surface area contributed by atoms with Crippen molar-refractivity contribution >= 4 is 15.8 Å². The Labute approximate surface area is 196 Å². The lowest BCUT2D eigenvalue weighted by atomic mass is 10.1. The highest BCUT2D eigenvalue weighted by atomic mass is 32.2. The molecule has 4 rings (SSSR count). The van der Waals surface area contributed by atoms with Crippen LogP contribution >= 0.6 is 0 Å². The highest BCUT2D eigenvalue weighted by Gasteiger charge is 2.17. The molecule has 0 bridgehead atoms. The van der Waals surface area contributed by atoms with Gasteiger partial charge in [-0.2, -0.15) is 0 Å². The molecule has 0 aliphatic rings. The molecule has 0 fully saturated rings. The third-order valence-corrected chi connectivity index (χ3v) is 6.64. The van der Waals surface area contributed by atoms with Gasteiger partial charge in [-0.05, 0) is 79.2 Å². The maximum atomic E-state index is 13.6. The Morgan fingerprint density at radius 3 is 2.15 bits per heavy atom. The first-order chi connectivity index (χ1) is 16.1. The molecule has 4 aromatic rings. The average Bonchev–Trinajstić information content (AvgIpc) is 3.14. The molecule has 1 N–H and O–H groups in total. The van der Waals surface area contributed by atoms with Crippen LogP contribution in [0.15, 0.2) is 83.8 Å². The summed E-state index contributed by atoms with van der Waals surface area (Å²) >= 11 is 0. The second kappa shape index (κ2) is 9.15. The highest BCUT2D eigenvalue weighted by Crippen LogP contribution is 2.31. The van der Waals surface area contributed by atoms with E-state index >= 15 is 0 Å². The van der Waals surface area contributed by atoms with Crippen molar-refractivity contribution in [2.45, 2.75) is 18.4 Å². The first kappa shape index (κ1) is 23.3. The predicted octanol–water partition coefficient (Wildman–Crippen LogP) is 5.27. The molecule has 1 aromatic heterocycles. The number of nitrogens with zero attached hydrogens (tertiary/aromatic N) is 1. The number of hydrogen-bond acceptors (Lipinski definition) is 4. The van der Waals surface area contributed by atoms with Crippen LogP contribution in [0.5, 0.6) is 5.75 Å². The van der Waals surface area contributed by atoms with Crippen molar-refractivity contribution in [3.05, 3.63) is 102 Å². The Kier molecular flexibility index (Phi) is 6.26. The van der Waals surface area contributed by atoms with Gasteiger partial charge in [0.1, 0.15) is 18.2 Å². The molecule has 0 aliphatic carbocycles. The number of carboxylic acids is 1. The fourth-order valence-corrected chi connectivity index (χ4v) is 4.30. The number of benzene rings is 3. The molecule has 0 saturated heterocycles. The van der Waals surface area contributed by atoms with E-state index in [1.807, 2.05) is 17.6 Å². The minimum atomic E-state index is -3.32. The zero-order chi connectivity index (χ0) is 24.5. The van der Waals surface area contributed by atoms with Gasteiger partial charge in [0, 0.05) is 23.2 Å². The van der Waals surface area contributed by atoms with Crippen molar-refractivity contribution in [3.8, 4) is 22.7 Å². The molecule has 0 saturated carbocycles. The Balaban J connectivity index is 1.72. The van der Waals surface area contributed by atoms with Crippen LogP contribution in [0.2, 0.25) is 0 Å². The molecule has 0 atom stereocenters. The third-order valence-electron chi connectivity index (χ3n) is 5.51. The van der Waals surface area contributed by atoms with E-state index < -0.39 is 15.8 Å². The summed E-state index contributed by atoms with van der Waals surface area (Å²) in [5.74, 6) is -0.829. The normalized spacial score (nSPS) is 11.4. The van der Waals surface area contributed by atoms with E-state index in [9.17, 15) is 17.6 Å². The minimum absolute atomic E-state index is 0.172. The van der Waals surface area contributed by atoms with Crippen LogP contribution < -0.4 is 4.74 Å². The lowest BCUT2D eigenvalue weighted by Crippen LogP contribution is -2.02. The molecular formula is C26H22FNO5S. The molecule has 8 heteroatoms. The minimum Gasteiger partial charge on any atom is -0.489 e. The lowest BCUT2D eigenvalue weighted by molar-refractivity contribution is 0.0697. The van der Waals surface area contributed by atoms with Gasteiger partial charge in [-0.1, -0.05) is 12.1 Å². The smallest absolute Gasteiger partial charge is 0.335 e. The summed E-state index contributed by atoms with van der Waals surface area (Å²) in [6.45, 7) is 2.14. The first-order valence-corrected chi connectivity index (χ1v) is 12.3. The SMILES string of the molecule is Cc1c(COc2ccc(C(=O)O)cc2)cc(-c2ccc(S(C)(=O)=O)cc2)n1-c1ccc(F)cc1. The number of hydrogen-bond donors (Lipinski definition) is 1. The van der Waals surface area contributed by atoms with E-state index in [0.29, 0.717) is 5.75 Å². The number of halogens is 1. The Morgan fingerprint density at radius 1 is 0.971 bits per heavy atom. The van der Waals surface area contributed by atoms with Gasteiger partial charge < -0.3 is 14.4 Å². The van der Waals surface area contributed by atoms with Crippen molar-refractivity contribution in [1.82, 2.24) is 4.57 Å². The average molecular weight is 480 g/mol. The van der Waals surface area contributed by atoms with Gasteiger partial charge in [-0.25, -0.2) is 17.6 Å². The highest BCUT2D eigenvalue weighted by molar-refractivity contribution is 7.90. The molecule has 0 unspecified atom stereocenters. The summed E-state index contributed by atoms with van der Waals surface area (Å²) in [6.07, 6.45) is 1.16. The maximum absolute atomic E-state index is 13.6. The first-order valence-electron chi connectivity index (χ1n) is 10.4. The van der Waals surface area contributed by atoms with Gasteiger partial charge in [0.05, 0.1) is 16.2 Å². The maximum Gasteiger partial charge on any atom is 0.335 e. The number of sulfone groups is 1. The van der Waals surface area contributed by atoms with Gasteiger partial charge >= 0.3 is 5.97 Å². The number of aromatic nitrogens is 1. The van der Waals surface area contributed by atoms with Crippen molar-refractivity contribution in [3.63, 3.8) is 0 Å². The van der Waals surface area contributed by atoms with E-state index in [2.05, 4.69) is 0 Å². The Morgan fingerprint density at radius 2 is 1.59 bits per heavy atom. The van der Waals surface area contributed by atoms with E-state index in [1.165, 1.54) is 24.3 Å². The molecular weight excluding hydrogens is 457 g/mol. The number of carboxylic acid groups (broad SMARTS) is 1. The van der Waals surface area contributed by atoms with Crippen molar-refractivity contribution < 1.29 is 27.4 Å². The van der Waals surface area contributed by atoms with Crippen LogP contribution in [-0.4, -0.2) is 30.3 Å². The number of rotatable bonds is 7. The Hall–Kier alpha value is -3.91. The second-order valence-corrected chi connectivity index (χ2v) is 9.88. The van der Waals surface area contributed by atoms with Crippen LogP contribution in [0.25, 0.3) is 16.9 Å². The fraction of sp³-hybridized carbons (Fsp3) is 0.115. The largest absolute Gasteiger partial charge is 0.489 e. The summed E-state index contributed by atoms with van der Waals surface area (Å²) in [6, 6.07) is 20.8. The van der Waals surface area contributed by atoms with Crippen LogP contribution in [0, 0.1) is 12.7 Å². The van der Waals surface area contributed by atoms with Crippen LogP contribution in [-0.2, 0) is 16.4 Å². The third kappa shape index (κ3) is 4.87. The van der Waals surface area contributed by atoms with Gasteiger partial charge in [-0.3, -0.25) is 0 Å². The molecule has 34 heavy (non-hydrogen) atoms. The topological polar surface area (TPSA) is 85.6 Å². The zero-order valence-corrected chi connectivity index (χ0v) is 19.3. The van der Waals surface area contributed by atoms with Crippen molar-refractivity contribution in [2.24, 2.45) is 0 Å². The van der Waals surface area contributed by atoms with Gasteiger partial charge in [0.2, 0.25) is 0 Å². The van der Waals surface area contributed by atoms with Crippen molar-refractivity contribution in [2.75, 3.05) is 6.26 Å². The monoisotopic (exact) mass is 479 g/mol. The standard InChI is InChI=1S/C26H22FNO5S/c1-17-20(16-33-23-11-3-19(4-12-23)26(29)30)15-25(28(17)22-9-7-21(27)8-10-22)18-5-13-24(14-6-18)34(2,31)32/h3-15H,16H2,1-2H3,(H,29,30). The molecule has 0 amide bonds. The zero-order valence-electron chi connectivity index (χ0n) is 18.5. The number of carbonyl (C=O) groups is 1. The fourth-order valence-electron chi connectivity index (χ4n) is 3.67. The molecule has 0 spiro atoms. The molecule has 1 heterocycles. The Bertz CT molecular complexity index is 1440. The summed E-state index contributed by atoms with van der Waals surface area (Å²) in [5.41, 5.74) is 4.25. The predicted molar refractivity (Wildman–Crippen MR) is 127 cm³/mol. The molecule has 6 nitrogen and oxygen atoms in total. The van der Waals surface area contributed by atoms with Crippen LogP contribution in [0.1, 0.15) is 21.6 Å². The van der Waals surface area contributed by atoms with E-state index in [-0.39, 0.29) is 22.9 Å². The lowest BCUT2D eigenvalue weighted by Gasteiger charge is -2.13. The van der Waals surface area contributed by atoms with Crippen LogP contribution in [0.3, 0.4) is 0 Å². The number of aromatic carboxylic acids is 1. The number of ether oxygens (including phenoxy) is 1. The van der Waals surface area contributed by atoms with Gasteiger partial charge in [0.15, 0.2) is 9.84 Å². The van der Waals surface area contributed by atoms with Crippen LogP contribution in [0.4, 0.5) is 4.39 Å². The van der Waals surface area contributed by atoms with E-state index in [0.717, 1.165) is 34.5 Å². The molecule has 0 radical (unpaired) electrons. The molecule has 3 aromatic carbocycles. The summed E-state index contributed by atoms with van der Waals surface area (Å²) in [5, 5.41) is 9.05. The summed E-state index contributed by atoms with van der Waals surface area (Å²) in [7, 11) is -3.32. The van der Waals surface area contributed by atoms with E-state index in [1.54, 1.807) is 48.5 Å². The van der Waals surface area contributed by atoms with Crippen molar-refractivity contribution in [1.29, 1.82) is 0 Å². The second-order valence-electron chi connectivity index (χ2n) is 7.87. The molecule has 174 valence electrons. The van der Waals surface area contributed by atoms with Gasteiger partial charge in [-0.15, -0.1) is 0 Å². The summed E-state index contributed by atoms with van der Waals surface area (Å²) in [4.78, 5) is 11.3. The van der Waals surface area contributed by atoms with E-state index in [4.69, 9.17) is 9.84 Å². The van der Waals surface area contributed by atoms with Gasteiger partial charge in [0.25, 0.3) is 0 Å². The summed E-state index contributed by atoms with van der Waals surface area (Å²) < 4.78 is 45.1.